The van der Waals surface area contributed by atoms with E-state index in [-0.39, 0.29) is 5.82 Å². The van der Waals surface area contributed by atoms with E-state index in [2.05, 4.69) is 5.32 Å². The SMILES string of the molecule is CNC(CCc1cccc(F)c1)C(=O)O. The molecule has 1 unspecified atom stereocenters. The summed E-state index contributed by atoms with van der Waals surface area (Å²) in [4.78, 5) is 10.7. The second kappa shape index (κ2) is 5.46. The van der Waals surface area contributed by atoms with Crippen LogP contribution in [0.5, 0.6) is 0 Å². The number of halogens is 1. The van der Waals surface area contributed by atoms with E-state index in [4.69, 9.17) is 5.11 Å². The van der Waals surface area contributed by atoms with Crippen LogP contribution < -0.4 is 5.32 Å². The number of hydrogen-bond donors (Lipinski definition) is 2. The van der Waals surface area contributed by atoms with Gasteiger partial charge in [-0.3, -0.25) is 4.79 Å². The van der Waals surface area contributed by atoms with Gasteiger partial charge in [0.05, 0.1) is 0 Å². The van der Waals surface area contributed by atoms with Crippen LogP contribution in [0.4, 0.5) is 4.39 Å². The Bertz CT molecular complexity index is 341. The molecule has 1 aromatic carbocycles. The number of hydrogen-bond acceptors (Lipinski definition) is 2. The van der Waals surface area contributed by atoms with E-state index >= 15 is 0 Å². The molecule has 0 aromatic heterocycles. The summed E-state index contributed by atoms with van der Waals surface area (Å²) >= 11 is 0. The third-order valence-electron chi connectivity index (χ3n) is 2.26. The smallest absolute Gasteiger partial charge is 0.320 e. The Labute approximate surface area is 87.9 Å². The maximum atomic E-state index is 12.8. The second-order valence-corrected chi connectivity index (χ2v) is 3.35. The van der Waals surface area contributed by atoms with Crippen molar-refractivity contribution < 1.29 is 14.3 Å². The molecule has 0 spiro atoms. The molecule has 3 nitrogen and oxygen atoms in total. The summed E-state index contributed by atoms with van der Waals surface area (Å²) in [7, 11) is 1.60. The minimum atomic E-state index is -0.881. The number of nitrogens with one attached hydrogen (secondary N) is 1. The maximum Gasteiger partial charge on any atom is 0.320 e. The van der Waals surface area contributed by atoms with Gasteiger partial charge in [0, 0.05) is 0 Å². The molecule has 0 amide bonds. The van der Waals surface area contributed by atoms with Crippen molar-refractivity contribution in [1.29, 1.82) is 0 Å². The fraction of sp³-hybridized carbons (Fsp3) is 0.364. The number of aliphatic carboxylic acids is 1. The molecular weight excluding hydrogens is 197 g/mol. The van der Waals surface area contributed by atoms with Gasteiger partial charge in [-0.1, -0.05) is 12.1 Å². The normalized spacial score (nSPS) is 12.4. The molecule has 2 N–H and O–H groups in total. The van der Waals surface area contributed by atoms with Crippen LogP contribution in [0.1, 0.15) is 12.0 Å². The molecule has 15 heavy (non-hydrogen) atoms. The number of carboxylic acid groups (broad SMARTS) is 1. The van der Waals surface area contributed by atoms with Crippen molar-refractivity contribution in [3.05, 3.63) is 35.6 Å². The van der Waals surface area contributed by atoms with Gasteiger partial charge in [-0.05, 0) is 37.6 Å². The van der Waals surface area contributed by atoms with Gasteiger partial charge in [0.2, 0.25) is 0 Å². The van der Waals surface area contributed by atoms with E-state index in [0.29, 0.717) is 12.8 Å². The van der Waals surface area contributed by atoms with Crippen molar-refractivity contribution in [1.82, 2.24) is 5.32 Å². The monoisotopic (exact) mass is 211 g/mol. The molecule has 0 bridgehead atoms. The molecule has 0 heterocycles. The summed E-state index contributed by atoms with van der Waals surface area (Å²) in [6.07, 6.45) is 1.00. The van der Waals surface area contributed by atoms with Gasteiger partial charge in [-0.2, -0.15) is 0 Å². The Hall–Kier alpha value is -1.42. The van der Waals surface area contributed by atoms with Gasteiger partial charge in [0.25, 0.3) is 0 Å². The second-order valence-electron chi connectivity index (χ2n) is 3.35. The Kier molecular flexibility index (Phi) is 4.24. The zero-order valence-corrected chi connectivity index (χ0v) is 8.53. The topological polar surface area (TPSA) is 49.3 Å². The third-order valence-corrected chi connectivity index (χ3v) is 2.26. The van der Waals surface area contributed by atoms with Crippen molar-refractivity contribution in [3.8, 4) is 0 Å². The zero-order chi connectivity index (χ0) is 11.3. The average Bonchev–Trinajstić information content (AvgIpc) is 2.18. The van der Waals surface area contributed by atoms with Crippen LogP contribution in [0.2, 0.25) is 0 Å². The van der Waals surface area contributed by atoms with Crippen molar-refractivity contribution in [3.63, 3.8) is 0 Å². The number of carboxylic acids is 1. The first kappa shape index (κ1) is 11.7. The number of rotatable bonds is 5. The van der Waals surface area contributed by atoms with Crippen LogP contribution in [0.25, 0.3) is 0 Å². The van der Waals surface area contributed by atoms with Gasteiger partial charge >= 0.3 is 5.97 Å². The lowest BCUT2D eigenvalue weighted by molar-refractivity contribution is -0.139. The predicted molar refractivity (Wildman–Crippen MR) is 55.2 cm³/mol. The first-order chi connectivity index (χ1) is 7.13. The molecular formula is C11H14FNO2. The lowest BCUT2D eigenvalue weighted by Crippen LogP contribution is -2.34. The first-order valence-corrected chi connectivity index (χ1v) is 4.78. The highest BCUT2D eigenvalue weighted by Gasteiger charge is 2.14. The first-order valence-electron chi connectivity index (χ1n) is 4.78. The predicted octanol–water partition coefficient (Wildman–Crippen LogP) is 1.43. The van der Waals surface area contributed by atoms with Gasteiger partial charge in [-0.25, -0.2) is 4.39 Å². The molecule has 1 aromatic rings. The standard InChI is InChI=1S/C11H14FNO2/c1-13-10(11(14)15)6-5-8-3-2-4-9(12)7-8/h2-4,7,10,13H,5-6H2,1H3,(H,14,15). The minimum absolute atomic E-state index is 0.288. The number of aryl methyl sites for hydroxylation is 1. The molecule has 0 radical (unpaired) electrons. The molecule has 0 aliphatic rings. The highest BCUT2D eigenvalue weighted by Crippen LogP contribution is 2.07. The Morgan fingerprint density at radius 1 is 1.60 bits per heavy atom. The van der Waals surface area contributed by atoms with Gasteiger partial charge in [0.1, 0.15) is 11.9 Å². The number of carbonyl (C=O) groups is 1. The minimum Gasteiger partial charge on any atom is -0.480 e. The lowest BCUT2D eigenvalue weighted by Gasteiger charge is -2.10. The molecule has 1 atom stereocenters. The molecule has 0 aliphatic carbocycles. The molecule has 4 heteroatoms. The summed E-state index contributed by atoms with van der Waals surface area (Å²) in [5, 5.41) is 11.5. The van der Waals surface area contributed by atoms with Crippen LogP contribution in [0, 0.1) is 5.82 Å². The van der Waals surface area contributed by atoms with Crippen molar-refractivity contribution in [2.24, 2.45) is 0 Å². The van der Waals surface area contributed by atoms with Crippen molar-refractivity contribution in [2.75, 3.05) is 7.05 Å². The molecule has 0 aliphatic heterocycles. The molecule has 0 saturated carbocycles. The molecule has 82 valence electrons. The van der Waals surface area contributed by atoms with Gasteiger partial charge < -0.3 is 10.4 Å². The quantitative estimate of drug-likeness (QED) is 0.774. The number of benzene rings is 1. The summed E-state index contributed by atoms with van der Waals surface area (Å²) < 4.78 is 12.8. The Morgan fingerprint density at radius 2 is 2.33 bits per heavy atom. The van der Waals surface area contributed by atoms with Crippen molar-refractivity contribution >= 4 is 5.97 Å². The number of likely N-dealkylation sites (N-methyl/N-ethyl adjacent to an activating group) is 1. The van der Waals surface area contributed by atoms with Gasteiger partial charge in [-0.15, -0.1) is 0 Å². The zero-order valence-electron chi connectivity index (χ0n) is 8.53. The van der Waals surface area contributed by atoms with Crippen LogP contribution >= 0.6 is 0 Å². The van der Waals surface area contributed by atoms with Gasteiger partial charge in [0.15, 0.2) is 0 Å². The average molecular weight is 211 g/mol. The highest BCUT2D eigenvalue weighted by molar-refractivity contribution is 5.73. The summed E-state index contributed by atoms with van der Waals surface area (Å²) in [6, 6.07) is 5.63. The summed E-state index contributed by atoms with van der Waals surface area (Å²) in [5.74, 6) is -1.17. The van der Waals surface area contributed by atoms with E-state index in [1.807, 2.05) is 0 Å². The summed E-state index contributed by atoms with van der Waals surface area (Å²) in [6.45, 7) is 0. The fourth-order valence-corrected chi connectivity index (χ4v) is 1.39. The third kappa shape index (κ3) is 3.67. The van der Waals surface area contributed by atoms with E-state index in [0.717, 1.165) is 5.56 Å². The van der Waals surface area contributed by atoms with Crippen LogP contribution in [-0.2, 0) is 11.2 Å². The Balaban J connectivity index is 2.52. The van der Waals surface area contributed by atoms with E-state index in [1.54, 1.807) is 19.2 Å². The van der Waals surface area contributed by atoms with Crippen LogP contribution in [0.3, 0.4) is 0 Å². The molecule has 0 saturated heterocycles. The van der Waals surface area contributed by atoms with E-state index in [9.17, 15) is 9.18 Å². The Morgan fingerprint density at radius 3 is 2.87 bits per heavy atom. The van der Waals surface area contributed by atoms with E-state index in [1.165, 1.54) is 12.1 Å². The largest absolute Gasteiger partial charge is 0.480 e. The summed E-state index contributed by atoms with van der Waals surface area (Å²) in [5.41, 5.74) is 0.816. The maximum absolute atomic E-state index is 12.8. The fourth-order valence-electron chi connectivity index (χ4n) is 1.39. The lowest BCUT2D eigenvalue weighted by atomic mass is 10.1. The van der Waals surface area contributed by atoms with E-state index < -0.39 is 12.0 Å². The van der Waals surface area contributed by atoms with Crippen LogP contribution in [-0.4, -0.2) is 24.2 Å². The molecule has 1 rings (SSSR count). The van der Waals surface area contributed by atoms with Crippen molar-refractivity contribution in [2.45, 2.75) is 18.9 Å². The van der Waals surface area contributed by atoms with Crippen LogP contribution in [0.15, 0.2) is 24.3 Å². The highest BCUT2D eigenvalue weighted by atomic mass is 19.1. The molecule has 0 fully saturated rings.